The number of ether oxygens (including phenoxy) is 3. The summed E-state index contributed by atoms with van der Waals surface area (Å²) in [5, 5.41) is 11.5. The van der Waals surface area contributed by atoms with Gasteiger partial charge in [0.05, 0.1) is 18.3 Å². The monoisotopic (exact) mass is 725 g/mol. The summed E-state index contributed by atoms with van der Waals surface area (Å²) < 4.78 is 20.9. The minimum atomic E-state index is 0.106. The lowest BCUT2D eigenvalue weighted by Gasteiger charge is -2.42. The van der Waals surface area contributed by atoms with Gasteiger partial charge in [0.15, 0.2) is 11.5 Å². The molecule has 3 aliphatic rings. The van der Waals surface area contributed by atoms with Crippen molar-refractivity contribution in [2.75, 3.05) is 0 Å². The fourth-order valence-corrected chi connectivity index (χ4v) is 10.5. The normalized spacial score (nSPS) is 20.9. The van der Waals surface area contributed by atoms with Crippen LogP contribution in [0.1, 0.15) is 234 Å². The molecule has 4 nitrogen and oxygen atoms in total. The highest BCUT2D eigenvalue weighted by Gasteiger charge is 2.39. The summed E-state index contributed by atoms with van der Waals surface area (Å²) in [4.78, 5) is 0. The van der Waals surface area contributed by atoms with Crippen LogP contribution in [-0.2, 0) is 0 Å². The molecular weight excluding hydrogens is 641 g/mol. The SMILES string of the molecule is CCCCC1(CCCC)CCC(Oc2ccc(O)c(OC3CCC(CCCC)(CCCC)CC3)c2OC2CCC(CCCC)(CCCC)CC2)CC1. The van der Waals surface area contributed by atoms with Crippen LogP contribution in [0.3, 0.4) is 0 Å². The summed E-state index contributed by atoms with van der Waals surface area (Å²) in [5.74, 6) is 2.22. The van der Waals surface area contributed by atoms with Gasteiger partial charge in [-0.3, -0.25) is 0 Å². The molecule has 0 heterocycles. The van der Waals surface area contributed by atoms with Crippen molar-refractivity contribution in [3.63, 3.8) is 0 Å². The number of hydrogen-bond donors (Lipinski definition) is 1. The molecule has 1 aromatic carbocycles. The summed E-state index contributed by atoms with van der Waals surface area (Å²) >= 11 is 0. The van der Waals surface area contributed by atoms with Crippen LogP contribution in [0.15, 0.2) is 12.1 Å². The second-order valence-electron chi connectivity index (χ2n) is 18.3. The van der Waals surface area contributed by atoms with Crippen molar-refractivity contribution in [1.29, 1.82) is 0 Å². The Balaban J connectivity index is 1.53. The maximum Gasteiger partial charge on any atom is 0.207 e. The Morgan fingerprint density at radius 1 is 0.442 bits per heavy atom. The lowest BCUT2D eigenvalue weighted by Crippen LogP contribution is -2.34. The lowest BCUT2D eigenvalue weighted by atomic mass is 9.67. The molecule has 3 fully saturated rings. The number of hydrogen-bond acceptors (Lipinski definition) is 4. The van der Waals surface area contributed by atoms with Gasteiger partial charge in [-0.25, -0.2) is 0 Å². The third-order valence-corrected chi connectivity index (χ3v) is 14.3. The van der Waals surface area contributed by atoms with Gasteiger partial charge in [-0.1, -0.05) is 119 Å². The predicted molar refractivity (Wildman–Crippen MR) is 221 cm³/mol. The van der Waals surface area contributed by atoms with Crippen molar-refractivity contribution in [3.05, 3.63) is 12.1 Å². The van der Waals surface area contributed by atoms with Gasteiger partial charge in [-0.05, 0) is 144 Å². The zero-order valence-electron chi connectivity index (χ0n) is 35.3. The molecule has 0 amide bonds. The molecule has 0 aliphatic heterocycles. The molecule has 0 unspecified atom stereocenters. The minimum absolute atomic E-state index is 0.106. The molecule has 0 bridgehead atoms. The highest BCUT2D eigenvalue weighted by Crippen LogP contribution is 2.52. The third-order valence-electron chi connectivity index (χ3n) is 14.3. The fraction of sp³-hybridized carbons (Fsp3) is 0.875. The molecule has 52 heavy (non-hydrogen) atoms. The molecule has 0 aromatic heterocycles. The van der Waals surface area contributed by atoms with Gasteiger partial charge < -0.3 is 19.3 Å². The molecule has 3 aliphatic carbocycles. The molecule has 4 heteroatoms. The Morgan fingerprint density at radius 3 is 1.04 bits per heavy atom. The van der Waals surface area contributed by atoms with Gasteiger partial charge >= 0.3 is 0 Å². The van der Waals surface area contributed by atoms with Crippen molar-refractivity contribution >= 4 is 0 Å². The Bertz CT molecular complexity index is 1070. The molecule has 4 rings (SSSR count). The molecule has 1 N–H and O–H groups in total. The lowest BCUT2D eigenvalue weighted by molar-refractivity contribution is 0.0388. The van der Waals surface area contributed by atoms with Crippen LogP contribution in [0.25, 0.3) is 0 Å². The van der Waals surface area contributed by atoms with E-state index in [-0.39, 0.29) is 24.1 Å². The number of phenolic OH excluding ortho intramolecular Hbond substituents is 1. The summed E-state index contributed by atoms with van der Waals surface area (Å²) in [6.07, 6.45) is 38.1. The zero-order chi connectivity index (χ0) is 37.3. The number of unbranched alkanes of at least 4 members (excludes halogenated alkanes) is 6. The summed E-state index contributed by atoms with van der Waals surface area (Å²) in [7, 11) is 0. The molecule has 3 saturated carbocycles. The molecule has 0 spiro atoms. The van der Waals surface area contributed by atoms with E-state index in [1.54, 1.807) is 0 Å². The molecule has 0 radical (unpaired) electrons. The predicted octanol–water partition coefficient (Wildman–Crippen LogP) is 15.5. The molecular formula is C48H84O4. The number of benzene rings is 1. The van der Waals surface area contributed by atoms with E-state index in [1.807, 2.05) is 12.1 Å². The van der Waals surface area contributed by atoms with E-state index >= 15 is 0 Å². The van der Waals surface area contributed by atoms with Gasteiger partial charge in [0.2, 0.25) is 11.5 Å². The zero-order valence-corrected chi connectivity index (χ0v) is 35.3. The largest absolute Gasteiger partial charge is 0.504 e. The fourth-order valence-electron chi connectivity index (χ4n) is 10.5. The van der Waals surface area contributed by atoms with Gasteiger partial charge in [0.1, 0.15) is 0 Å². The van der Waals surface area contributed by atoms with E-state index in [9.17, 15) is 5.11 Å². The van der Waals surface area contributed by atoms with E-state index in [4.69, 9.17) is 14.2 Å². The van der Waals surface area contributed by atoms with Crippen LogP contribution in [0, 0.1) is 16.2 Å². The van der Waals surface area contributed by atoms with E-state index in [0.29, 0.717) is 27.7 Å². The topological polar surface area (TPSA) is 47.9 Å². The van der Waals surface area contributed by atoms with Gasteiger partial charge in [-0.2, -0.15) is 0 Å². The first-order chi connectivity index (χ1) is 25.3. The highest BCUT2D eigenvalue weighted by molar-refractivity contribution is 5.59. The first-order valence-corrected chi connectivity index (χ1v) is 23.1. The summed E-state index contributed by atoms with van der Waals surface area (Å²) in [5.41, 5.74) is 1.42. The maximum atomic E-state index is 11.5. The van der Waals surface area contributed by atoms with Crippen LogP contribution in [0.2, 0.25) is 0 Å². The van der Waals surface area contributed by atoms with Crippen molar-refractivity contribution in [2.45, 2.75) is 252 Å². The second kappa shape index (κ2) is 22.1. The Labute approximate surface area is 322 Å². The number of aromatic hydroxyl groups is 1. The smallest absolute Gasteiger partial charge is 0.207 e. The van der Waals surface area contributed by atoms with E-state index < -0.39 is 0 Å². The van der Waals surface area contributed by atoms with Crippen LogP contribution in [0.5, 0.6) is 23.0 Å². The average molecular weight is 725 g/mol. The number of rotatable bonds is 24. The first kappa shape index (κ1) is 43.2. The molecule has 0 saturated heterocycles. The van der Waals surface area contributed by atoms with Crippen molar-refractivity contribution in [2.24, 2.45) is 16.2 Å². The molecule has 300 valence electrons. The van der Waals surface area contributed by atoms with E-state index in [1.165, 1.54) is 154 Å². The van der Waals surface area contributed by atoms with Gasteiger partial charge in [-0.15, -0.1) is 0 Å². The van der Waals surface area contributed by atoms with E-state index in [0.717, 1.165) is 44.3 Å². The Kier molecular flexibility index (Phi) is 18.3. The summed E-state index contributed by atoms with van der Waals surface area (Å²) in [6, 6.07) is 3.79. The van der Waals surface area contributed by atoms with E-state index in [2.05, 4.69) is 41.5 Å². The highest BCUT2D eigenvalue weighted by atomic mass is 16.6. The maximum absolute atomic E-state index is 11.5. The van der Waals surface area contributed by atoms with Crippen LogP contribution in [0.4, 0.5) is 0 Å². The Hall–Kier alpha value is -1.58. The average Bonchev–Trinajstić information content (AvgIpc) is 3.17. The van der Waals surface area contributed by atoms with Crippen LogP contribution < -0.4 is 14.2 Å². The van der Waals surface area contributed by atoms with Crippen LogP contribution >= 0.6 is 0 Å². The van der Waals surface area contributed by atoms with Crippen molar-refractivity contribution < 1.29 is 19.3 Å². The van der Waals surface area contributed by atoms with Gasteiger partial charge in [0, 0.05) is 0 Å². The quantitative estimate of drug-likeness (QED) is 0.115. The molecule has 1 aromatic rings. The Morgan fingerprint density at radius 2 is 0.731 bits per heavy atom. The second-order valence-corrected chi connectivity index (χ2v) is 18.3. The van der Waals surface area contributed by atoms with Gasteiger partial charge in [0.25, 0.3) is 0 Å². The first-order valence-electron chi connectivity index (χ1n) is 23.1. The van der Waals surface area contributed by atoms with Crippen molar-refractivity contribution in [1.82, 2.24) is 0 Å². The minimum Gasteiger partial charge on any atom is -0.504 e. The summed E-state index contributed by atoms with van der Waals surface area (Å²) in [6.45, 7) is 14.0. The van der Waals surface area contributed by atoms with Crippen molar-refractivity contribution in [3.8, 4) is 23.0 Å². The number of phenols is 1. The standard InChI is InChI=1S/C48H84O4/c1-7-13-27-46(28-14-8-2)33-21-39(22-34-46)50-43-20-19-42(49)44(51-40-23-35-47(36-24-40,29-15-9-3)30-16-10-4)45(43)52-41-25-37-48(38-26-41,31-17-11-5)32-18-12-6/h19-20,39-41,49H,7-18,21-38H2,1-6H3. The van der Waals surface area contributed by atoms with Crippen LogP contribution in [-0.4, -0.2) is 23.4 Å². The molecule has 0 atom stereocenters. The third kappa shape index (κ3) is 12.5.